The molecule has 1 heterocycles. The maximum Gasteiger partial charge on any atom is 0.254 e. The summed E-state index contributed by atoms with van der Waals surface area (Å²) in [6, 6.07) is 9.54. The zero-order chi connectivity index (χ0) is 13.8. The molecule has 3 nitrogen and oxygen atoms in total. The number of carbonyl (C=O) groups is 1. The average Bonchev–Trinajstić information content (AvgIpc) is 2.91. The fourth-order valence-corrected chi connectivity index (χ4v) is 2.69. The van der Waals surface area contributed by atoms with E-state index >= 15 is 0 Å². The molecule has 2 rings (SSSR count). The Morgan fingerprint density at radius 2 is 2.11 bits per heavy atom. The summed E-state index contributed by atoms with van der Waals surface area (Å²) in [7, 11) is 0. The standard InChI is InChI=1S/C15H18N2OS/c1-3-17(10-12-6-5-9-19-12)15(18)13-7-4-8-14(16)11(13)2/h4-9H,3,10,16H2,1-2H3. The zero-order valence-corrected chi connectivity index (χ0v) is 12.0. The first-order valence-corrected chi connectivity index (χ1v) is 7.18. The van der Waals surface area contributed by atoms with Crippen LogP contribution in [0, 0.1) is 6.92 Å². The van der Waals surface area contributed by atoms with Gasteiger partial charge in [0.25, 0.3) is 5.91 Å². The summed E-state index contributed by atoms with van der Waals surface area (Å²) in [6.07, 6.45) is 0. The summed E-state index contributed by atoms with van der Waals surface area (Å²) in [5.41, 5.74) is 8.08. The maximum atomic E-state index is 12.6. The predicted octanol–water partition coefficient (Wildman–Crippen LogP) is 3.30. The van der Waals surface area contributed by atoms with E-state index in [4.69, 9.17) is 5.73 Å². The number of carbonyl (C=O) groups excluding carboxylic acids is 1. The van der Waals surface area contributed by atoms with Gasteiger partial charge in [0.1, 0.15) is 0 Å². The van der Waals surface area contributed by atoms with Gasteiger partial charge < -0.3 is 10.6 Å². The van der Waals surface area contributed by atoms with Gasteiger partial charge in [0.2, 0.25) is 0 Å². The normalized spacial score (nSPS) is 10.4. The van der Waals surface area contributed by atoms with Crippen molar-refractivity contribution >= 4 is 22.9 Å². The Kier molecular flexibility index (Phi) is 4.22. The number of nitrogens with zero attached hydrogens (tertiary/aromatic N) is 1. The monoisotopic (exact) mass is 274 g/mol. The first-order chi connectivity index (χ1) is 9.13. The van der Waals surface area contributed by atoms with Crippen LogP contribution in [-0.2, 0) is 6.54 Å². The van der Waals surface area contributed by atoms with E-state index < -0.39 is 0 Å². The highest BCUT2D eigenvalue weighted by atomic mass is 32.1. The molecule has 0 unspecified atom stereocenters. The second-order valence-electron chi connectivity index (χ2n) is 4.42. The highest BCUT2D eigenvalue weighted by molar-refractivity contribution is 7.09. The Morgan fingerprint density at radius 1 is 1.32 bits per heavy atom. The number of anilines is 1. The van der Waals surface area contributed by atoms with Gasteiger partial charge in [-0.3, -0.25) is 4.79 Å². The summed E-state index contributed by atoms with van der Waals surface area (Å²) in [5, 5.41) is 2.03. The maximum absolute atomic E-state index is 12.6. The van der Waals surface area contributed by atoms with Crippen molar-refractivity contribution in [1.82, 2.24) is 4.90 Å². The minimum Gasteiger partial charge on any atom is -0.398 e. The van der Waals surface area contributed by atoms with Crippen molar-refractivity contribution in [3.8, 4) is 0 Å². The summed E-state index contributed by atoms with van der Waals surface area (Å²) in [4.78, 5) is 15.6. The molecule has 1 aromatic heterocycles. The zero-order valence-electron chi connectivity index (χ0n) is 11.2. The lowest BCUT2D eigenvalue weighted by Crippen LogP contribution is -2.30. The van der Waals surface area contributed by atoms with Crippen LogP contribution < -0.4 is 5.73 Å². The van der Waals surface area contributed by atoms with E-state index in [2.05, 4.69) is 0 Å². The number of hydrogen-bond acceptors (Lipinski definition) is 3. The highest BCUT2D eigenvalue weighted by Gasteiger charge is 2.17. The Hall–Kier alpha value is -1.81. The minimum absolute atomic E-state index is 0.0423. The number of hydrogen-bond donors (Lipinski definition) is 1. The Labute approximate surface area is 117 Å². The molecule has 0 aliphatic rings. The number of nitrogen functional groups attached to an aromatic ring is 1. The molecule has 4 heteroatoms. The molecular formula is C15H18N2OS. The molecule has 0 aliphatic carbocycles. The van der Waals surface area contributed by atoms with Gasteiger partial charge in [0, 0.05) is 22.7 Å². The molecular weight excluding hydrogens is 256 g/mol. The molecule has 0 bridgehead atoms. The van der Waals surface area contributed by atoms with Gasteiger partial charge in [0.15, 0.2) is 0 Å². The van der Waals surface area contributed by atoms with Gasteiger partial charge in [-0.1, -0.05) is 12.1 Å². The van der Waals surface area contributed by atoms with E-state index in [1.807, 2.05) is 54.5 Å². The Morgan fingerprint density at radius 3 is 2.74 bits per heavy atom. The van der Waals surface area contributed by atoms with Crippen LogP contribution in [-0.4, -0.2) is 17.4 Å². The van der Waals surface area contributed by atoms with Crippen LogP contribution >= 0.6 is 11.3 Å². The number of amides is 1. The third-order valence-electron chi connectivity index (χ3n) is 3.20. The van der Waals surface area contributed by atoms with Gasteiger partial charge >= 0.3 is 0 Å². The van der Waals surface area contributed by atoms with Crippen molar-refractivity contribution in [3.63, 3.8) is 0 Å². The third-order valence-corrected chi connectivity index (χ3v) is 4.06. The van der Waals surface area contributed by atoms with E-state index in [1.165, 1.54) is 4.88 Å². The SMILES string of the molecule is CCN(Cc1cccs1)C(=O)c1cccc(N)c1C. The molecule has 0 aliphatic heterocycles. The minimum atomic E-state index is 0.0423. The van der Waals surface area contributed by atoms with Crippen LogP contribution in [0.2, 0.25) is 0 Å². The smallest absolute Gasteiger partial charge is 0.254 e. The van der Waals surface area contributed by atoms with Crippen LogP contribution in [0.4, 0.5) is 5.69 Å². The molecule has 2 aromatic rings. The van der Waals surface area contributed by atoms with Crippen LogP contribution in [0.5, 0.6) is 0 Å². The van der Waals surface area contributed by atoms with Crippen LogP contribution in [0.25, 0.3) is 0 Å². The predicted molar refractivity (Wildman–Crippen MR) is 80.3 cm³/mol. The van der Waals surface area contributed by atoms with E-state index in [9.17, 15) is 4.79 Å². The number of nitrogens with two attached hydrogens (primary N) is 1. The largest absolute Gasteiger partial charge is 0.398 e. The average molecular weight is 274 g/mol. The lowest BCUT2D eigenvalue weighted by atomic mass is 10.1. The van der Waals surface area contributed by atoms with E-state index in [-0.39, 0.29) is 5.91 Å². The second kappa shape index (κ2) is 5.89. The number of thiophene rings is 1. The molecule has 0 spiro atoms. The van der Waals surface area contributed by atoms with Gasteiger partial charge in [-0.15, -0.1) is 11.3 Å². The molecule has 1 aromatic carbocycles. The topological polar surface area (TPSA) is 46.3 Å². The number of rotatable bonds is 4. The van der Waals surface area contributed by atoms with Crippen molar-refractivity contribution < 1.29 is 4.79 Å². The molecule has 2 N–H and O–H groups in total. The molecule has 1 amide bonds. The lowest BCUT2D eigenvalue weighted by molar-refractivity contribution is 0.0753. The van der Waals surface area contributed by atoms with Gasteiger partial charge in [0.05, 0.1) is 6.54 Å². The Balaban J connectivity index is 2.23. The van der Waals surface area contributed by atoms with Crippen LogP contribution in [0.15, 0.2) is 35.7 Å². The summed E-state index contributed by atoms with van der Waals surface area (Å²) in [5.74, 6) is 0.0423. The highest BCUT2D eigenvalue weighted by Crippen LogP contribution is 2.19. The summed E-state index contributed by atoms with van der Waals surface area (Å²) >= 11 is 1.67. The van der Waals surface area contributed by atoms with Crippen LogP contribution in [0.1, 0.15) is 27.7 Å². The van der Waals surface area contributed by atoms with Crippen molar-refractivity contribution in [3.05, 3.63) is 51.7 Å². The van der Waals surface area contributed by atoms with Crippen molar-refractivity contribution in [2.75, 3.05) is 12.3 Å². The first-order valence-electron chi connectivity index (χ1n) is 6.30. The molecule has 0 radical (unpaired) electrons. The summed E-state index contributed by atoms with van der Waals surface area (Å²) in [6.45, 7) is 5.22. The molecule has 0 fully saturated rings. The quantitative estimate of drug-likeness (QED) is 0.869. The third kappa shape index (κ3) is 2.96. The molecule has 19 heavy (non-hydrogen) atoms. The van der Waals surface area contributed by atoms with Crippen molar-refractivity contribution in [2.45, 2.75) is 20.4 Å². The Bertz CT molecular complexity index is 564. The van der Waals surface area contributed by atoms with Gasteiger partial charge in [-0.05, 0) is 43.0 Å². The van der Waals surface area contributed by atoms with Gasteiger partial charge in [-0.25, -0.2) is 0 Å². The molecule has 0 saturated heterocycles. The lowest BCUT2D eigenvalue weighted by Gasteiger charge is -2.21. The fraction of sp³-hybridized carbons (Fsp3) is 0.267. The second-order valence-corrected chi connectivity index (χ2v) is 5.45. The number of benzene rings is 1. The van der Waals surface area contributed by atoms with E-state index in [1.54, 1.807) is 11.3 Å². The van der Waals surface area contributed by atoms with Crippen molar-refractivity contribution in [1.29, 1.82) is 0 Å². The fourth-order valence-electron chi connectivity index (χ4n) is 1.97. The van der Waals surface area contributed by atoms with Gasteiger partial charge in [-0.2, -0.15) is 0 Å². The first kappa shape index (κ1) is 13.6. The van der Waals surface area contributed by atoms with E-state index in [0.29, 0.717) is 24.3 Å². The molecule has 0 atom stereocenters. The van der Waals surface area contributed by atoms with Crippen molar-refractivity contribution in [2.24, 2.45) is 0 Å². The van der Waals surface area contributed by atoms with E-state index in [0.717, 1.165) is 5.56 Å². The molecule has 100 valence electrons. The van der Waals surface area contributed by atoms with Crippen LogP contribution in [0.3, 0.4) is 0 Å². The summed E-state index contributed by atoms with van der Waals surface area (Å²) < 4.78 is 0. The molecule has 0 saturated carbocycles.